The third kappa shape index (κ3) is 4.26. The van der Waals surface area contributed by atoms with Crippen molar-refractivity contribution in [2.24, 2.45) is 10.9 Å². The Bertz CT molecular complexity index is 1000. The first-order valence-corrected chi connectivity index (χ1v) is 10.7. The number of amides is 1. The lowest BCUT2D eigenvalue weighted by Crippen LogP contribution is -2.53. The molecule has 2 aliphatic heterocycles. The fraction of sp³-hybridized carbons (Fsp3) is 0.375. The normalized spacial score (nSPS) is 20.4. The quantitative estimate of drug-likeness (QED) is 0.593. The van der Waals surface area contributed by atoms with Crippen molar-refractivity contribution in [2.45, 2.75) is 32.9 Å². The molecule has 2 heterocycles. The molecule has 7 nitrogen and oxygen atoms in total. The van der Waals surface area contributed by atoms with Gasteiger partial charge in [0.25, 0.3) is 0 Å². The molecule has 0 aliphatic carbocycles. The molecular formula is C24H27N3O4. The largest absolute Gasteiger partial charge is 0.494 e. The van der Waals surface area contributed by atoms with Gasteiger partial charge in [0.1, 0.15) is 11.8 Å². The van der Waals surface area contributed by atoms with E-state index >= 15 is 0 Å². The van der Waals surface area contributed by atoms with E-state index in [9.17, 15) is 9.59 Å². The maximum Gasteiger partial charge on any atom is 0.321 e. The van der Waals surface area contributed by atoms with Crippen LogP contribution in [0.25, 0.3) is 0 Å². The number of rotatable bonds is 5. The number of guanidine groups is 1. The van der Waals surface area contributed by atoms with Gasteiger partial charge in [-0.05, 0) is 37.5 Å². The second-order valence-corrected chi connectivity index (χ2v) is 7.53. The molecule has 0 spiro atoms. The van der Waals surface area contributed by atoms with Gasteiger partial charge in [0.15, 0.2) is 5.92 Å². The topological polar surface area (TPSA) is 80.2 Å². The molecule has 7 heteroatoms. The Hall–Kier alpha value is -3.35. The molecule has 0 bridgehead atoms. The number of hydrogen-bond acceptors (Lipinski definition) is 6. The highest BCUT2D eigenvalue weighted by atomic mass is 16.5. The first kappa shape index (κ1) is 20.9. The van der Waals surface area contributed by atoms with E-state index < -0.39 is 23.8 Å². The van der Waals surface area contributed by atoms with Crippen molar-refractivity contribution in [3.8, 4) is 5.75 Å². The molecule has 4 rings (SSSR count). The number of nitrogens with zero attached hydrogens (tertiary/aromatic N) is 2. The van der Waals surface area contributed by atoms with Gasteiger partial charge < -0.3 is 14.4 Å². The summed E-state index contributed by atoms with van der Waals surface area (Å²) in [4.78, 5) is 32.7. The Morgan fingerprint density at radius 1 is 1.10 bits per heavy atom. The Balaban J connectivity index is 1.72. The third-order valence-electron chi connectivity index (χ3n) is 5.60. The number of hydrogen-bond donors (Lipinski definition) is 1. The maximum atomic E-state index is 13.1. The lowest BCUT2D eigenvalue weighted by atomic mass is 9.90. The van der Waals surface area contributed by atoms with Gasteiger partial charge in [0.05, 0.1) is 13.2 Å². The highest BCUT2D eigenvalue weighted by Gasteiger charge is 2.43. The van der Waals surface area contributed by atoms with Crippen LogP contribution in [0.5, 0.6) is 5.75 Å². The zero-order valence-electron chi connectivity index (χ0n) is 17.8. The molecule has 0 unspecified atom stereocenters. The maximum absolute atomic E-state index is 13.1. The van der Waals surface area contributed by atoms with E-state index in [0.717, 1.165) is 13.0 Å². The number of nitrogens with one attached hydrogen (secondary N) is 1. The van der Waals surface area contributed by atoms with Crippen LogP contribution in [0.1, 0.15) is 36.6 Å². The number of ether oxygens (including phenoxy) is 2. The monoisotopic (exact) mass is 421 g/mol. The summed E-state index contributed by atoms with van der Waals surface area (Å²) in [7, 11) is 0. The molecule has 2 aromatic rings. The van der Waals surface area contributed by atoms with E-state index in [-0.39, 0.29) is 6.61 Å². The molecule has 2 aliphatic rings. The lowest BCUT2D eigenvalue weighted by molar-refractivity contribution is -0.153. The van der Waals surface area contributed by atoms with Crippen LogP contribution in [0.3, 0.4) is 0 Å². The standard InChI is InChI=1S/C24H27N3O4/c1-3-30-19-12-8-7-11-18(19)21-20(23(29)31-4-2)22(28)26-24(25-21)27-14-13-16-9-5-6-10-17(16)15-27/h5-12,20-21H,3-4,13-15H2,1-2H3,(H,25,26,28)/t20-,21+/m1/s1. The van der Waals surface area contributed by atoms with Crippen LogP contribution in [-0.2, 0) is 27.3 Å². The smallest absolute Gasteiger partial charge is 0.321 e. The number of esters is 1. The van der Waals surface area contributed by atoms with Crippen LogP contribution in [0.15, 0.2) is 53.5 Å². The van der Waals surface area contributed by atoms with Gasteiger partial charge in [-0.2, -0.15) is 0 Å². The Labute approximate surface area is 182 Å². The Morgan fingerprint density at radius 2 is 1.84 bits per heavy atom. The van der Waals surface area contributed by atoms with Crippen LogP contribution in [0.4, 0.5) is 0 Å². The summed E-state index contributed by atoms with van der Waals surface area (Å²) in [6, 6.07) is 15.0. The van der Waals surface area contributed by atoms with Crippen molar-refractivity contribution < 1.29 is 19.1 Å². The van der Waals surface area contributed by atoms with Crippen LogP contribution in [-0.4, -0.2) is 42.5 Å². The van der Waals surface area contributed by atoms with Gasteiger partial charge in [-0.1, -0.05) is 42.5 Å². The summed E-state index contributed by atoms with van der Waals surface area (Å²) in [6.07, 6.45) is 0.868. The lowest BCUT2D eigenvalue weighted by Gasteiger charge is -2.36. The fourth-order valence-corrected chi connectivity index (χ4v) is 4.14. The Morgan fingerprint density at radius 3 is 2.61 bits per heavy atom. The van der Waals surface area contributed by atoms with E-state index in [1.807, 2.05) is 43.3 Å². The van der Waals surface area contributed by atoms with Crippen molar-refractivity contribution in [1.29, 1.82) is 0 Å². The molecular weight excluding hydrogens is 394 g/mol. The van der Waals surface area contributed by atoms with Crippen molar-refractivity contribution in [2.75, 3.05) is 19.8 Å². The van der Waals surface area contributed by atoms with Gasteiger partial charge in [0.2, 0.25) is 11.9 Å². The predicted octanol–water partition coefficient (Wildman–Crippen LogP) is 2.85. The predicted molar refractivity (Wildman–Crippen MR) is 117 cm³/mol. The number of carbonyl (C=O) groups is 2. The summed E-state index contributed by atoms with van der Waals surface area (Å²) in [5, 5.41) is 2.85. The second-order valence-electron chi connectivity index (χ2n) is 7.53. The summed E-state index contributed by atoms with van der Waals surface area (Å²) in [6.45, 7) is 5.68. The summed E-state index contributed by atoms with van der Waals surface area (Å²) in [5.41, 5.74) is 3.22. The van der Waals surface area contributed by atoms with Crippen LogP contribution >= 0.6 is 0 Å². The van der Waals surface area contributed by atoms with Crippen molar-refractivity contribution in [3.63, 3.8) is 0 Å². The number of benzene rings is 2. The second kappa shape index (κ2) is 9.20. The van der Waals surface area contributed by atoms with E-state index in [0.29, 0.717) is 30.4 Å². The summed E-state index contributed by atoms with van der Waals surface area (Å²) >= 11 is 0. The van der Waals surface area contributed by atoms with Gasteiger partial charge in [-0.25, -0.2) is 4.99 Å². The third-order valence-corrected chi connectivity index (χ3v) is 5.60. The number of carbonyl (C=O) groups excluding carboxylic acids is 2. The molecule has 0 saturated heterocycles. The molecule has 162 valence electrons. The van der Waals surface area contributed by atoms with Crippen LogP contribution < -0.4 is 10.1 Å². The molecule has 0 radical (unpaired) electrons. The minimum atomic E-state index is -1.07. The number of aliphatic imine (C=N–C) groups is 1. The average Bonchev–Trinajstić information content (AvgIpc) is 2.79. The van der Waals surface area contributed by atoms with Gasteiger partial charge in [-0.15, -0.1) is 0 Å². The van der Waals surface area contributed by atoms with E-state index in [1.54, 1.807) is 6.92 Å². The zero-order chi connectivity index (χ0) is 21.8. The molecule has 1 N–H and O–H groups in total. The van der Waals surface area contributed by atoms with Gasteiger partial charge >= 0.3 is 5.97 Å². The number of para-hydroxylation sites is 1. The van der Waals surface area contributed by atoms with Gasteiger partial charge in [0, 0.05) is 18.7 Å². The average molecular weight is 421 g/mol. The van der Waals surface area contributed by atoms with E-state index in [1.165, 1.54) is 11.1 Å². The molecule has 0 aromatic heterocycles. The highest BCUT2D eigenvalue weighted by molar-refractivity contribution is 6.08. The van der Waals surface area contributed by atoms with Crippen molar-refractivity contribution in [3.05, 3.63) is 65.2 Å². The molecule has 0 saturated carbocycles. The van der Waals surface area contributed by atoms with E-state index in [4.69, 9.17) is 14.5 Å². The first-order chi connectivity index (χ1) is 15.1. The minimum absolute atomic E-state index is 0.196. The molecule has 2 aromatic carbocycles. The van der Waals surface area contributed by atoms with Crippen LogP contribution in [0, 0.1) is 5.92 Å². The molecule has 2 atom stereocenters. The van der Waals surface area contributed by atoms with Crippen LogP contribution in [0.2, 0.25) is 0 Å². The highest BCUT2D eigenvalue weighted by Crippen LogP contribution is 2.36. The van der Waals surface area contributed by atoms with Crippen molar-refractivity contribution in [1.82, 2.24) is 10.2 Å². The fourth-order valence-electron chi connectivity index (χ4n) is 4.14. The molecule has 1 amide bonds. The Kier molecular flexibility index (Phi) is 6.21. The van der Waals surface area contributed by atoms with Crippen molar-refractivity contribution >= 4 is 17.8 Å². The first-order valence-electron chi connectivity index (χ1n) is 10.7. The SMILES string of the molecule is CCOC(=O)[C@H]1C(=O)NC(N2CCc3ccccc3C2)=N[C@H]1c1ccccc1OCC. The van der Waals surface area contributed by atoms with E-state index in [2.05, 4.69) is 22.3 Å². The molecule has 0 fully saturated rings. The molecule has 31 heavy (non-hydrogen) atoms. The van der Waals surface area contributed by atoms with Gasteiger partial charge in [-0.3, -0.25) is 14.9 Å². The zero-order valence-corrected chi connectivity index (χ0v) is 17.8. The minimum Gasteiger partial charge on any atom is -0.494 e. The summed E-state index contributed by atoms with van der Waals surface area (Å²) in [5.74, 6) is -0.952. The number of fused-ring (bicyclic) bond motifs is 1. The summed E-state index contributed by atoms with van der Waals surface area (Å²) < 4.78 is 11.0.